The first-order valence-corrected chi connectivity index (χ1v) is 7.96. The highest BCUT2D eigenvalue weighted by molar-refractivity contribution is 5.76. The molecule has 1 saturated carbocycles. The molecule has 2 N–H and O–H groups in total. The molecule has 2 rings (SSSR count). The summed E-state index contributed by atoms with van der Waals surface area (Å²) >= 11 is 0. The molecule has 0 aliphatic heterocycles. The minimum atomic E-state index is 0.143. The zero-order chi connectivity index (χ0) is 14.9. The van der Waals surface area contributed by atoms with E-state index in [4.69, 9.17) is 4.74 Å². The molecule has 21 heavy (non-hydrogen) atoms. The van der Waals surface area contributed by atoms with Gasteiger partial charge >= 0.3 is 0 Å². The lowest BCUT2D eigenvalue weighted by Gasteiger charge is -2.16. The van der Waals surface area contributed by atoms with Crippen molar-refractivity contribution in [2.45, 2.75) is 51.0 Å². The Morgan fingerprint density at radius 3 is 2.62 bits per heavy atom. The van der Waals surface area contributed by atoms with Gasteiger partial charge in [-0.2, -0.15) is 0 Å². The molecule has 0 heterocycles. The predicted octanol–water partition coefficient (Wildman–Crippen LogP) is 3.34. The molecular formula is C17H26N2O2. The lowest BCUT2D eigenvalue weighted by molar-refractivity contribution is -0.121. The molecule has 116 valence electrons. The Labute approximate surface area is 127 Å². The molecule has 0 radical (unpaired) electrons. The first-order valence-electron chi connectivity index (χ1n) is 7.96. The van der Waals surface area contributed by atoms with Gasteiger partial charge < -0.3 is 15.4 Å². The highest BCUT2D eigenvalue weighted by Crippen LogP contribution is 2.22. The minimum Gasteiger partial charge on any atom is -0.495 e. The van der Waals surface area contributed by atoms with Crippen LogP contribution < -0.4 is 15.4 Å². The molecule has 0 aromatic heterocycles. The Balaban J connectivity index is 1.71. The number of anilines is 1. The van der Waals surface area contributed by atoms with Crippen molar-refractivity contribution in [3.8, 4) is 5.75 Å². The Bertz CT molecular complexity index is 440. The maximum Gasteiger partial charge on any atom is 0.221 e. The third-order valence-electron chi connectivity index (χ3n) is 3.99. The molecule has 4 nitrogen and oxygen atoms in total. The van der Waals surface area contributed by atoms with Gasteiger partial charge in [0.2, 0.25) is 5.91 Å². The standard InChI is InChI=1S/C17H26N2O2/c1-21-16-11-7-6-10-15(16)18-13-12-17(20)19-14-8-4-2-3-5-9-14/h6-7,10-11,14,18H,2-5,8-9,12-13H2,1H3,(H,19,20). The van der Waals surface area contributed by atoms with Crippen LogP contribution in [0.25, 0.3) is 0 Å². The summed E-state index contributed by atoms with van der Waals surface area (Å²) in [6, 6.07) is 8.14. The Hall–Kier alpha value is -1.71. The number of carbonyl (C=O) groups excluding carboxylic acids is 1. The van der Waals surface area contributed by atoms with Gasteiger partial charge in [-0.1, -0.05) is 37.8 Å². The van der Waals surface area contributed by atoms with E-state index < -0.39 is 0 Å². The normalized spacial score (nSPS) is 16.0. The Kier molecular flexibility index (Phi) is 6.38. The Morgan fingerprint density at radius 1 is 1.19 bits per heavy atom. The van der Waals surface area contributed by atoms with Crippen LogP contribution in [-0.4, -0.2) is 25.6 Å². The van der Waals surface area contributed by atoms with Crippen LogP contribution in [0, 0.1) is 0 Å². The van der Waals surface area contributed by atoms with Crippen molar-refractivity contribution in [1.29, 1.82) is 0 Å². The van der Waals surface area contributed by atoms with Gasteiger partial charge in [-0.3, -0.25) is 4.79 Å². The molecule has 1 amide bonds. The van der Waals surface area contributed by atoms with E-state index in [9.17, 15) is 4.79 Å². The highest BCUT2D eigenvalue weighted by Gasteiger charge is 2.14. The van der Waals surface area contributed by atoms with Crippen LogP contribution in [-0.2, 0) is 4.79 Å². The second kappa shape index (κ2) is 8.55. The predicted molar refractivity (Wildman–Crippen MR) is 85.7 cm³/mol. The number of amides is 1. The summed E-state index contributed by atoms with van der Waals surface area (Å²) in [5.74, 6) is 0.950. The summed E-state index contributed by atoms with van der Waals surface area (Å²) in [7, 11) is 1.65. The number of hydrogen-bond acceptors (Lipinski definition) is 3. The van der Waals surface area contributed by atoms with Crippen LogP contribution in [0.5, 0.6) is 5.75 Å². The van der Waals surface area contributed by atoms with Crippen molar-refractivity contribution >= 4 is 11.6 Å². The van der Waals surface area contributed by atoms with Gasteiger partial charge in [-0.25, -0.2) is 0 Å². The summed E-state index contributed by atoms with van der Waals surface area (Å²) in [4.78, 5) is 12.0. The van der Waals surface area contributed by atoms with Gasteiger partial charge in [-0.05, 0) is 25.0 Å². The van der Waals surface area contributed by atoms with E-state index in [0.29, 0.717) is 19.0 Å². The number of nitrogens with one attached hydrogen (secondary N) is 2. The van der Waals surface area contributed by atoms with Crippen molar-refractivity contribution in [2.75, 3.05) is 19.0 Å². The van der Waals surface area contributed by atoms with Gasteiger partial charge in [-0.15, -0.1) is 0 Å². The summed E-state index contributed by atoms with van der Waals surface area (Å²) in [6.07, 6.45) is 7.85. The highest BCUT2D eigenvalue weighted by atomic mass is 16.5. The maximum atomic E-state index is 12.0. The number of benzene rings is 1. The summed E-state index contributed by atoms with van der Waals surface area (Å²) < 4.78 is 5.28. The number of methoxy groups -OCH3 is 1. The molecule has 0 atom stereocenters. The monoisotopic (exact) mass is 290 g/mol. The SMILES string of the molecule is COc1ccccc1NCCC(=O)NC1CCCCCC1. The van der Waals surface area contributed by atoms with Crippen molar-refractivity contribution in [2.24, 2.45) is 0 Å². The zero-order valence-corrected chi connectivity index (χ0v) is 12.9. The molecule has 1 fully saturated rings. The van der Waals surface area contributed by atoms with E-state index in [0.717, 1.165) is 24.3 Å². The fourth-order valence-corrected chi connectivity index (χ4v) is 2.82. The third kappa shape index (κ3) is 5.29. The van der Waals surface area contributed by atoms with Gasteiger partial charge in [0.1, 0.15) is 5.75 Å². The second-order valence-electron chi connectivity index (χ2n) is 5.63. The zero-order valence-electron chi connectivity index (χ0n) is 12.9. The van der Waals surface area contributed by atoms with E-state index in [2.05, 4.69) is 10.6 Å². The molecule has 0 saturated heterocycles. The largest absolute Gasteiger partial charge is 0.495 e. The van der Waals surface area contributed by atoms with Crippen molar-refractivity contribution in [1.82, 2.24) is 5.32 Å². The van der Waals surface area contributed by atoms with E-state index in [1.165, 1.54) is 25.7 Å². The average molecular weight is 290 g/mol. The Morgan fingerprint density at radius 2 is 1.90 bits per heavy atom. The first-order chi connectivity index (χ1) is 10.3. The van der Waals surface area contributed by atoms with Crippen LogP contribution in [0.2, 0.25) is 0 Å². The number of rotatable bonds is 6. The van der Waals surface area contributed by atoms with Gasteiger partial charge in [0.25, 0.3) is 0 Å². The van der Waals surface area contributed by atoms with Crippen LogP contribution in [0.1, 0.15) is 44.9 Å². The molecule has 0 bridgehead atoms. The molecule has 1 aromatic rings. The fourth-order valence-electron chi connectivity index (χ4n) is 2.82. The van der Waals surface area contributed by atoms with Crippen LogP contribution in [0.15, 0.2) is 24.3 Å². The number of ether oxygens (including phenoxy) is 1. The number of carbonyl (C=O) groups is 1. The quantitative estimate of drug-likeness (QED) is 0.790. The third-order valence-corrected chi connectivity index (χ3v) is 3.99. The van der Waals surface area contributed by atoms with E-state index in [1.807, 2.05) is 24.3 Å². The first kappa shape index (κ1) is 15.7. The molecule has 4 heteroatoms. The van der Waals surface area contributed by atoms with E-state index in [1.54, 1.807) is 7.11 Å². The molecule has 0 unspecified atom stereocenters. The maximum absolute atomic E-state index is 12.0. The lowest BCUT2D eigenvalue weighted by atomic mass is 10.1. The van der Waals surface area contributed by atoms with Gasteiger partial charge in [0.05, 0.1) is 12.8 Å². The summed E-state index contributed by atoms with van der Waals surface area (Å²) in [6.45, 7) is 0.624. The van der Waals surface area contributed by atoms with E-state index >= 15 is 0 Å². The topological polar surface area (TPSA) is 50.4 Å². The van der Waals surface area contributed by atoms with E-state index in [-0.39, 0.29) is 5.91 Å². The molecule has 1 aliphatic carbocycles. The number of para-hydroxylation sites is 2. The van der Waals surface area contributed by atoms with Gasteiger partial charge in [0.15, 0.2) is 0 Å². The smallest absolute Gasteiger partial charge is 0.221 e. The van der Waals surface area contributed by atoms with Crippen LogP contribution in [0.3, 0.4) is 0 Å². The molecule has 1 aromatic carbocycles. The minimum absolute atomic E-state index is 0.143. The van der Waals surface area contributed by atoms with Crippen molar-refractivity contribution in [3.63, 3.8) is 0 Å². The van der Waals surface area contributed by atoms with Gasteiger partial charge in [0, 0.05) is 19.0 Å². The average Bonchev–Trinajstić information content (AvgIpc) is 2.76. The van der Waals surface area contributed by atoms with Crippen LogP contribution in [0.4, 0.5) is 5.69 Å². The number of hydrogen-bond donors (Lipinski definition) is 2. The summed E-state index contributed by atoms with van der Waals surface area (Å²) in [5.41, 5.74) is 0.933. The fraction of sp³-hybridized carbons (Fsp3) is 0.588. The van der Waals surface area contributed by atoms with Crippen molar-refractivity contribution in [3.05, 3.63) is 24.3 Å². The molecular weight excluding hydrogens is 264 g/mol. The van der Waals surface area contributed by atoms with Crippen LogP contribution >= 0.6 is 0 Å². The second-order valence-corrected chi connectivity index (χ2v) is 5.63. The summed E-state index contributed by atoms with van der Waals surface area (Å²) in [5, 5.41) is 6.42. The molecule has 1 aliphatic rings. The van der Waals surface area contributed by atoms with Crippen molar-refractivity contribution < 1.29 is 9.53 Å². The lowest BCUT2D eigenvalue weighted by Crippen LogP contribution is -2.35. The molecule has 0 spiro atoms.